The van der Waals surface area contributed by atoms with Crippen LogP contribution in [0.4, 0.5) is 0 Å². The van der Waals surface area contributed by atoms with Crippen molar-refractivity contribution in [1.82, 2.24) is 0 Å². The highest BCUT2D eigenvalue weighted by Crippen LogP contribution is 2.44. The summed E-state index contributed by atoms with van der Waals surface area (Å²) in [6, 6.07) is 0. The second kappa shape index (κ2) is 13.8. The molecule has 0 unspecified atom stereocenters. The van der Waals surface area contributed by atoms with E-state index in [9.17, 15) is 4.79 Å². The zero-order valence-electron chi connectivity index (χ0n) is 29.0. The Labute approximate surface area is 245 Å². The lowest BCUT2D eigenvalue weighted by molar-refractivity contribution is -0.165. The third-order valence-corrected chi connectivity index (χ3v) is 22.5. The highest BCUT2D eigenvalue weighted by molar-refractivity contribution is 6.75. The molecule has 0 rings (SSSR count). The Bertz CT molecular complexity index is 801. The standard InChI is InChI=1S/C30H64O6Si3/c1-22(2)20-21-23(34-37(14,15)28(3,4)5)24(35-38(16,17)29(6,7)8)25(26(32-12)27(31)33-13)36-39(18,19)30(9,10)11/h20-26H,1-19H3/b21-20+/t23-,24+,25-,26-/m0/s1. The van der Waals surface area contributed by atoms with Crippen molar-refractivity contribution in [3.63, 3.8) is 0 Å². The van der Waals surface area contributed by atoms with E-state index in [1.165, 1.54) is 7.11 Å². The van der Waals surface area contributed by atoms with Crippen molar-refractivity contribution < 1.29 is 27.5 Å². The van der Waals surface area contributed by atoms with Crippen LogP contribution in [0.15, 0.2) is 12.2 Å². The fourth-order valence-electron chi connectivity index (χ4n) is 3.20. The van der Waals surface area contributed by atoms with E-state index in [0.717, 1.165) is 0 Å². The summed E-state index contributed by atoms with van der Waals surface area (Å²) >= 11 is 0. The molecular formula is C30H64O6Si3. The van der Waals surface area contributed by atoms with Crippen LogP contribution in [-0.4, -0.2) is 69.6 Å². The zero-order chi connectivity index (χ0) is 31.4. The van der Waals surface area contributed by atoms with Gasteiger partial charge in [-0.1, -0.05) is 88.3 Å². The highest BCUT2D eigenvalue weighted by atomic mass is 28.4. The molecule has 0 aromatic heterocycles. The Balaban J connectivity index is 7.48. The Morgan fingerprint density at radius 1 is 0.615 bits per heavy atom. The van der Waals surface area contributed by atoms with Crippen molar-refractivity contribution >= 4 is 30.9 Å². The highest BCUT2D eigenvalue weighted by Gasteiger charge is 2.52. The van der Waals surface area contributed by atoms with Gasteiger partial charge in [-0.3, -0.25) is 0 Å². The van der Waals surface area contributed by atoms with Crippen LogP contribution in [0.1, 0.15) is 76.2 Å². The molecule has 0 bridgehead atoms. The van der Waals surface area contributed by atoms with Gasteiger partial charge in [-0.25, -0.2) is 4.79 Å². The fraction of sp³-hybridized carbons (Fsp3) is 0.900. The smallest absolute Gasteiger partial charge is 0.337 e. The summed E-state index contributed by atoms with van der Waals surface area (Å²) in [7, 11) is -4.09. The molecule has 4 atom stereocenters. The zero-order valence-corrected chi connectivity index (χ0v) is 32.0. The van der Waals surface area contributed by atoms with Gasteiger partial charge >= 0.3 is 5.97 Å². The van der Waals surface area contributed by atoms with E-state index in [1.54, 1.807) is 7.11 Å². The van der Waals surface area contributed by atoms with Crippen molar-refractivity contribution in [2.45, 2.75) is 155 Å². The van der Waals surface area contributed by atoms with Crippen molar-refractivity contribution in [1.29, 1.82) is 0 Å². The average Bonchev–Trinajstić information content (AvgIpc) is 2.72. The van der Waals surface area contributed by atoms with E-state index in [4.69, 9.17) is 22.8 Å². The Hall–Kier alpha value is -0.299. The van der Waals surface area contributed by atoms with E-state index in [1.807, 2.05) is 0 Å². The van der Waals surface area contributed by atoms with Crippen LogP contribution in [0, 0.1) is 5.92 Å². The number of carbonyl (C=O) groups is 1. The second-order valence-corrected chi connectivity index (χ2v) is 30.1. The third-order valence-electron chi connectivity index (χ3n) is 9.03. The van der Waals surface area contributed by atoms with E-state index in [0.29, 0.717) is 5.92 Å². The van der Waals surface area contributed by atoms with Gasteiger partial charge in [-0.2, -0.15) is 0 Å². The number of allylic oxidation sites excluding steroid dienone is 1. The average molecular weight is 605 g/mol. The first-order valence-corrected chi connectivity index (χ1v) is 23.2. The molecule has 0 spiro atoms. The minimum absolute atomic E-state index is 0.0166. The summed E-state index contributed by atoms with van der Waals surface area (Å²) in [5.74, 6) is -0.147. The summed E-state index contributed by atoms with van der Waals surface area (Å²) in [5, 5.41) is -0.175. The number of ether oxygens (including phenoxy) is 2. The maximum Gasteiger partial charge on any atom is 0.337 e. The maximum absolute atomic E-state index is 13.2. The molecule has 9 heteroatoms. The molecular weight excluding hydrogens is 541 g/mol. The summed E-state index contributed by atoms with van der Waals surface area (Å²) in [6.07, 6.45) is 1.62. The molecule has 0 radical (unpaired) electrons. The monoisotopic (exact) mass is 604 g/mol. The number of carbonyl (C=O) groups excluding carboxylic acids is 1. The van der Waals surface area contributed by atoms with Crippen molar-refractivity contribution in [3.05, 3.63) is 12.2 Å². The fourth-order valence-corrected chi connectivity index (χ4v) is 7.04. The van der Waals surface area contributed by atoms with Gasteiger partial charge < -0.3 is 22.8 Å². The molecule has 0 aromatic carbocycles. The molecule has 0 aromatic rings. The van der Waals surface area contributed by atoms with Gasteiger partial charge in [0.15, 0.2) is 31.1 Å². The number of rotatable bonds is 13. The molecule has 0 N–H and O–H groups in total. The summed E-state index contributed by atoms with van der Waals surface area (Å²) in [4.78, 5) is 13.2. The molecule has 6 nitrogen and oxygen atoms in total. The number of hydrogen-bond donors (Lipinski definition) is 0. The SMILES string of the molecule is COC(=O)[C@@H](OC)[C@@H](O[Si](C)(C)C(C)(C)C)[C@H](O[Si](C)(C)C(C)(C)C)[C@H](/C=C/C(C)C)O[Si](C)(C)C(C)(C)C. The van der Waals surface area contributed by atoms with Gasteiger partial charge in [0.2, 0.25) is 0 Å². The van der Waals surface area contributed by atoms with Crippen molar-refractivity contribution in [3.8, 4) is 0 Å². The van der Waals surface area contributed by atoms with Crippen LogP contribution in [0.25, 0.3) is 0 Å². The molecule has 232 valence electrons. The predicted molar refractivity (Wildman–Crippen MR) is 173 cm³/mol. The van der Waals surface area contributed by atoms with Gasteiger partial charge in [-0.15, -0.1) is 0 Å². The van der Waals surface area contributed by atoms with Crippen LogP contribution in [0.3, 0.4) is 0 Å². The topological polar surface area (TPSA) is 63.2 Å². The Morgan fingerprint density at radius 2 is 0.974 bits per heavy atom. The van der Waals surface area contributed by atoms with E-state index in [2.05, 4.69) is 128 Å². The molecule has 0 saturated heterocycles. The molecule has 39 heavy (non-hydrogen) atoms. The van der Waals surface area contributed by atoms with E-state index >= 15 is 0 Å². The normalized spacial score (nSPS) is 17.8. The summed E-state index contributed by atoms with van der Waals surface area (Å²) in [5.41, 5.74) is 0. The van der Waals surface area contributed by atoms with Crippen LogP contribution < -0.4 is 0 Å². The quantitative estimate of drug-likeness (QED) is 0.119. The molecule has 0 aliphatic carbocycles. The summed E-state index contributed by atoms with van der Waals surface area (Å²) < 4.78 is 32.6. The second-order valence-electron chi connectivity index (χ2n) is 15.8. The van der Waals surface area contributed by atoms with Crippen molar-refractivity contribution in [2.24, 2.45) is 5.92 Å². The molecule has 0 amide bonds. The first-order valence-electron chi connectivity index (χ1n) is 14.5. The minimum atomic E-state index is -2.40. The molecule has 0 saturated carbocycles. The molecule has 0 aliphatic heterocycles. The van der Waals surface area contributed by atoms with Gasteiger partial charge in [-0.05, 0) is 60.3 Å². The molecule has 0 fully saturated rings. The lowest BCUT2D eigenvalue weighted by Gasteiger charge is -2.49. The lowest BCUT2D eigenvalue weighted by Crippen LogP contribution is -2.61. The van der Waals surface area contributed by atoms with Crippen LogP contribution in [-0.2, 0) is 27.5 Å². The minimum Gasteiger partial charge on any atom is -0.467 e. The van der Waals surface area contributed by atoms with Gasteiger partial charge in [0.25, 0.3) is 0 Å². The lowest BCUT2D eigenvalue weighted by atomic mass is 10.0. The number of esters is 1. The molecule has 0 aliphatic rings. The third kappa shape index (κ3) is 10.8. The van der Waals surface area contributed by atoms with Crippen LogP contribution in [0.2, 0.25) is 54.4 Å². The van der Waals surface area contributed by atoms with Gasteiger partial charge in [0.1, 0.15) is 12.2 Å². The summed E-state index contributed by atoms with van der Waals surface area (Å²) in [6.45, 7) is 37.7. The van der Waals surface area contributed by atoms with E-state index in [-0.39, 0.29) is 15.1 Å². The van der Waals surface area contributed by atoms with Crippen LogP contribution >= 0.6 is 0 Å². The number of methoxy groups -OCH3 is 2. The molecule has 0 heterocycles. The maximum atomic E-state index is 13.2. The Morgan fingerprint density at radius 3 is 1.28 bits per heavy atom. The predicted octanol–water partition coefficient (Wildman–Crippen LogP) is 8.56. The first kappa shape index (κ1) is 38.7. The van der Waals surface area contributed by atoms with Crippen LogP contribution in [0.5, 0.6) is 0 Å². The number of hydrogen-bond acceptors (Lipinski definition) is 6. The first-order chi connectivity index (χ1) is 17.1. The van der Waals surface area contributed by atoms with E-state index < -0.39 is 55.3 Å². The van der Waals surface area contributed by atoms with Gasteiger partial charge in [0.05, 0.1) is 13.2 Å². The largest absolute Gasteiger partial charge is 0.467 e. The Kier molecular flexibility index (Phi) is 13.7. The van der Waals surface area contributed by atoms with Gasteiger partial charge in [0, 0.05) is 7.11 Å². The van der Waals surface area contributed by atoms with Crippen molar-refractivity contribution in [2.75, 3.05) is 14.2 Å².